The number of pyridine rings is 1. The van der Waals surface area contributed by atoms with Crippen molar-refractivity contribution in [3.8, 4) is 11.8 Å². The lowest BCUT2D eigenvalue weighted by Crippen LogP contribution is -2.20. The zero-order valence-electron chi connectivity index (χ0n) is 16.2. The average molecular weight is 418 g/mol. The van der Waals surface area contributed by atoms with Crippen molar-refractivity contribution >= 4 is 37.8 Å². The Bertz CT molecular complexity index is 1220. The molecule has 1 aromatic carbocycles. The van der Waals surface area contributed by atoms with Crippen LogP contribution >= 0.6 is 10.5 Å². The molecule has 3 heterocycles. The third-order valence-corrected chi connectivity index (χ3v) is 6.17. The highest BCUT2D eigenvalue weighted by atomic mass is 32.2. The number of amidine groups is 1. The highest BCUT2D eigenvalue weighted by Gasteiger charge is 2.19. The number of nitrogens with one attached hydrogen (secondary N) is 1. The van der Waals surface area contributed by atoms with E-state index in [2.05, 4.69) is 31.3 Å². The van der Waals surface area contributed by atoms with Crippen molar-refractivity contribution in [1.82, 2.24) is 20.3 Å². The summed E-state index contributed by atoms with van der Waals surface area (Å²) in [5.74, 6) is 0.705. The first-order valence-electron chi connectivity index (χ1n) is 9.28. The first-order chi connectivity index (χ1) is 14.7. The zero-order chi connectivity index (χ0) is 20.9. The molecule has 2 aromatic heterocycles. The molecule has 0 spiro atoms. The third-order valence-electron chi connectivity index (χ3n) is 4.32. The average Bonchev–Trinajstić information content (AvgIpc) is 3.12. The summed E-state index contributed by atoms with van der Waals surface area (Å²) < 4.78 is 5.71. The van der Waals surface area contributed by atoms with E-state index in [1.54, 1.807) is 18.6 Å². The van der Waals surface area contributed by atoms with E-state index in [1.165, 1.54) is 6.20 Å². The van der Waals surface area contributed by atoms with Gasteiger partial charge in [-0.25, -0.2) is 0 Å². The second kappa shape index (κ2) is 8.80. The van der Waals surface area contributed by atoms with Crippen molar-refractivity contribution in [3.63, 3.8) is 0 Å². The van der Waals surface area contributed by atoms with E-state index in [-0.39, 0.29) is 5.91 Å². The van der Waals surface area contributed by atoms with Gasteiger partial charge in [-0.1, -0.05) is 6.07 Å². The molecule has 150 valence electrons. The summed E-state index contributed by atoms with van der Waals surface area (Å²) in [6.45, 7) is 2.77. The fourth-order valence-corrected chi connectivity index (χ4v) is 4.64. The minimum Gasteiger partial charge on any atom is -0.492 e. The molecule has 1 N–H and O–H groups in total. The summed E-state index contributed by atoms with van der Waals surface area (Å²) in [6, 6.07) is 7.89. The molecule has 0 aliphatic carbocycles. The summed E-state index contributed by atoms with van der Waals surface area (Å²) in [5.41, 5.74) is 2.82. The Labute approximate surface area is 175 Å². The number of fused-ring (bicyclic) bond motifs is 1. The van der Waals surface area contributed by atoms with Gasteiger partial charge in [-0.15, -0.1) is 10.5 Å². The van der Waals surface area contributed by atoms with E-state index >= 15 is 0 Å². The maximum Gasteiger partial charge on any atom is 0.258 e. The largest absolute Gasteiger partial charge is 0.492 e. The molecule has 0 saturated carbocycles. The van der Waals surface area contributed by atoms with Gasteiger partial charge in [0.15, 0.2) is 5.17 Å². The SMILES string of the molecule is CCOc1c(C#N)cnc2ccc(/C=S3/CC(=O)N=C3NCc3cnccn3)cc12. The van der Waals surface area contributed by atoms with Gasteiger partial charge in [0.25, 0.3) is 5.91 Å². The van der Waals surface area contributed by atoms with Crippen LogP contribution in [0.3, 0.4) is 0 Å². The highest BCUT2D eigenvalue weighted by molar-refractivity contribution is 8.28. The van der Waals surface area contributed by atoms with Crippen LogP contribution in [0, 0.1) is 11.3 Å². The van der Waals surface area contributed by atoms with Crippen LogP contribution in [0.25, 0.3) is 10.9 Å². The number of benzene rings is 1. The van der Waals surface area contributed by atoms with Gasteiger partial charge >= 0.3 is 0 Å². The lowest BCUT2D eigenvalue weighted by Gasteiger charge is -2.10. The van der Waals surface area contributed by atoms with Gasteiger partial charge in [0.05, 0.1) is 36.3 Å². The molecule has 0 fully saturated rings. The second-order valence-corrected chi connectivity index (χ2v) is 8.14. The number of carbonyl (C=O) groups excluding carboxylic acids is 1. The Morgan fingerprint density at radius 2 is 2.20 bits per heavy atom. The molecule has 9 heteroatoms. The quantitative estimate of drug-likeness (QED) is 0.633. The van der Waals surface area contributed by atoms with Crippen molar-refractivity contribution in [1.29, 1.82) is 5.26 Å². The van der Waals surface area contributed by atoms with Crippen LogP contribution in [0.1, 0.15) is 23.7 Å². The molecular weight excluding hydrogens is 400 g/mol. The number of hydrogen-bond acceptors (Lipinski definition) is 7. The molecule has 3 aromatic rings. The first-order valence-corrected chi connectivity index (χ1v) is 10.7. The molecule has 1 aliphatic heterocycles. The van der Waals surface area contributed by atoms with Crippen LogP contribution in [0.2, 0.25) is 0 Å². The number of amides is 1. The summed E-state index contributed by atoms with van der Waals surface area (Å²) >= 11 is 0. The number of hydrogen-bond donors (Lipinski definition) is 1. The minimum atomic E-state index is -0.490. The summed E-state index contributed by atoms with van der Waals surface area (Å²) in [4.78, 5) is 28.7. The van der Waals surface area contributed by atoms with Crippen molar-refractivity contribution in [3.05, 3.63) is 59.8 Å². The Balaban J connectivity index is 1.65. The van der Waals surface area contributed by atoms with E-state index in [0.29, 0.717) is 35.4 Å². The molecule has 30 heavy (non-hydrogen) atoms. The van der Waals surface area contributed by atoms with Gasteiger partial charge in [0.2, 0.25) is 0 Å². The Hall–Kier alpha value is -3.64. The predicted octanol–water partition coefficient (Wildman–Crippen LogP) is 2.40. The molecule has 1 amide bonds. The van der Waals surface area contributed by atoms with E-state index in [0.717, 1.165) is 22.2 Å². The molecule has 0 saturated heterocycles. The Morgan fingerprint density at radius 1 is 1.30 bits per heavy atom. The van der Waals surface area contributed by atoms with Gasteiger partial charge in [-0.3, -0.25) is 19.7 Å². The van der Waals surface area contributed by atoms with Crippen LogP contribution < -0.4 is 10.1 Å². The van der Waals surface area contributed by atoms with E-state index in [9.17, 15) is 10.1 Å². The van der Waals surface area contributed by atoms with Crippen LogP contribution in [0.15, 0.2) is 48.0 Å². The molecule has 8 nitrogen and oxygen atoms in total. The molecule has 0 bridgehead atoms. The normalized spacial score (nSPS) is 15.8. The standard InChI is InChI=1S/C21H18N6O2S/c1-2-29-20-15(8-22)9-25-18-4-3-14(7-17(18)20)12-30-13-19(28)27-21(30)26-11-16-10-23-5-6-24-16/h3-7,9-10,12H,2,11,13H2,1H3,(H,26,27,28). The number of ether oxygens (including phenoxy) is 1. The number of aromatic nitrogens is 3. The van der Waals surface area contributed by atoms with Crippen LogP contribution in [0.5, 0.6) is 5.75 Å². The van der Waals surface area contributed by atoms with E-state index in [4.69, 9.17) is 4.74 Å². The number of carbonyl (C=O) groups is 1. The zero-order valence-corrected chi connectivity index (χ0v) is 17.0. The molecule has 1 aliphatic rings. The first kappa shape index (κ1) is 19.7. The summed E-state index contributed by atoms with van der Waals surface area (Å²) in [6.07, 6.45) is 6.43. The molecule has 0 radical (unpaired) electrons. The summed E-state index contributed by atoms with van der Waals surface area (Å²) in [5, 5.41) is 16.0. The molecule has 1 atom stereocenters. The number of nitriles is 1. The lowest BCUT2D eigenvalue weighted by molar-refractivity contribution is -0.115. The predicted molar refractivity (Wildman–Crippen MR) is 117 cm³/mol. The van der Waals surface area contributed by atoms with Crippen molar-refractivity contribution < 1.29 is 9.53 Å². The van der Waals surface area contributed by atoms with Crippen LogP contribution in [-0.4, -0.2) is 43.8 Å². The molecule has 1 unspecified atom stereocenters. The fraction of sp³-hybridized carbons (Fsp3) is 0.190. The second-order valence-electron chi connectivity index (χ2n) is 6.37. The van der Waals surface area contributed by atoms with Gasteiger partial charge in [-0.2, -0.15) is 10.3 Å². The molecular formula is C21H18N6O2S. The van der Waals surface area contributed by atoms with Gasteiger partial charge in [-0.05, 0) is 30.0 Å². The van der Waals surface area contributed by atoms with E-state index in [1.807, 2.05) is 30.5 Å². The summed E-state index contributed by atoms with van der Waals surface area (Å²) in [7, 11) is -0.490. The Morgan fingerprint density at radius 3 is 2.97 bits per heavy atom. The number of rotatable bonds is 5. The third kappa shape index (κ3) is 4.18. The van der Waals surface area contributed by atoms with Crippen LogP contribution in [-0.2, 0) is 11.3 Å². The van der Waals surface area contributed by atoms with Crippen molar-refractivity contribution in [2.24, 2.45) is 4.99 Å². The minimum absolute atomic E-state index is 0.152. The monoisotopic (exact) mass is 418 g/mol. The fourth-order valence-electron chi connectivity index (χ4n) is 3.03. The van der Waals surface area contributed by atoms with Crippen LogP contribution in [0.4, 0.5) is 0 Å². The Kier molecular flexibility index (Phi) is 5.77. The maximum absolute atomic E-state index is 12.0. The van der Waals surface area contributed by atoms with Crippen molar-refractivity contribution in [2.75, 3.05) is 12.4 Å². The molecule has 4 rings (SSSR count). The number of aliphatic imine (C=N–C) groups is 1. The topological polar surface area (TPSA) is 113 Å². The van der Waals surface area contributed by atoms with Crippen molar-refractivity contribution in [2.45, 2.75) is 13.5 Å². The maximum atomic E-state index is 12.0. The smallest absolute Gasteiger partial charge is 0.258 e. The lowest BCUT2D eigenvalue weighted by atomic mass is 10.1. The van der Waals surface area contributed by atoms with Gasteiger partial charge in [0, 0.05) is 24.0 Å². The number of nitrogens with zero attached hydrogens (tertiary/aromatic N) is 5. The van der Waals surface area contributed by atoms with Gasteiger partial charge < -0.3 is 10.1 Å². The van der Waals surface area contributed by atoms with E-state index < -0.39 is 10.5 Å². The highest BCUT2D eigenvalue weighted by Crippen LogP contribution is 2.30. The van der Waals surface area contributed by atoms with Gasteiger partial charge in [0.1, 0.15) is 17.4 Å².